The first kappa shape index (κ1) is 13.7. The number of ketones is 1. The molecule has 0 aromatic carbocycles. The number of carbonyl (C=O) groups is 1. The predicted molar refractivity (Wildman–Crippen MR) is 68.5 cm³/mol. The Hall–Kier alpha value is -0.370. The monoisotopic (exact) mass is 225 g/mol. The van der Waals surface area contributed by atoms with Gasteiger partial charge in [-0.2, -0.15) is 0 Å². The van der Waals surface area contributed by atoms with E-state index in [9.17, 15) is 4.79 Å². The van der Waals surface area contributed by atoms with E-state index in [1.165, 1.54) is 19.3 Å². The quantitative estimate of drug-likeness (QED) is 0.778. The van der Waals surface area contributed by atoms with Gasteiger partial charge in [0.1, 0.15) is 0 Å². The minimum atomic E-state index is -0.338. The van der Waals surface area contributed by atoms with Crippen LogP contribution in [-0.2, 0) is 4.79 Å². The molecule has 1 aliphatic rings. The molecule has 0 aromatic heterocycles. The van der Waals surface area contributed by atoms with Gasteiger partial charge in [0.05, 0.1) is 5.54 Å². The van der Waals surface area contributed by atoms with Gasteiger partial charge < -0.3 is 5.32 Å². The molecule has 2 heteroatoms. The van der Waals surface area contributed by atoms with E-state index in [1.807, 2.05) is 13.8 Å². The van der Waals surface area contributed by atoms with Crippen LogP contribution >= 0.6 is 0 Å². The Morgan fingerprint density at radius 1 is 1.31 bits per heavy atom. The second-order valence-electron chi connectivity index (χ2n) is 5.66. The van der Waals surface area contributed by atoms with Gasteiger partial charge in [0, 0.05) is 5.92 Å². The van der Waals surface area contributed by atoms with E-state index in [2.05, 4.69) is 19.2 Å². The molecular weight excluding hydrogens is 198 g/mol. The van der Waals surface area contributed by atoms with Crippen LogP contribution in [-0.4, -0.2) is 17.9 Å². The molecule has 0 bridgehead atoms. The second-order valence-corrected chi connectivity index (χ2v) is 5.66. The van der Waals surface area contributed by atoms with Crippen LogP contribution in [0.3, 0.4) is 0 Å². The summed E-state index contributed by atoms with van der Waals surface area (Å²) in [6.07, 6.45) is 6.00. The van der Waals surface area contributed by atoms with Gasteiger partial charge in [-0.05, 0) is 39.2 Å². The summed E-state index contributed by atoms with van der Waals surface area (Å²) < 4.78 is 0. The molecule has 1 fully saturated rings. The predicted octanol–water partition coefficient (Wildman–Crippen LogP) is 3.16. The summed E-state index contributed by atoms with van der Waals surface area (Å²) in [6.45, 7) is 9.21. The van der Waals surface area contributed by atoms with E-state index in [0.717, 1.165) is 25.3 Å². The molecular formula is C14H27NO. The minimum Gasteiger partial charge on any atom is -0.306 e. The lowest BCUT2D eigenvalue weighted by atomic mass is 9.74. The van der Waals surface area contributed by atoms with Crippen molar-refractivity contribution in [2.45, 2.75) is 65.3 Å². The maximum absolute atomic E-state index is 12.4. The first-order valence-corrected chi connectivity index (χ1v) is 6.80. The van der Waals surface area contributed by atoms with Crippen LogP contribution in [0.5, 0.6) is 0 Å². The van der Waals surface area contributed by atoms with Crippen molar-refractivity contribution in [2.24, 2.45) is 11.8 Å². The van der Waals surface area contributed by atoms with Crippen molar-refractivity contribution in [3.8, 4) is 0 Å². The van der Waals surface area contributed by atoms with Gasteiger partial charge in [0.25, 0.3) is 0 Å². The molecule has 1 rings (SSSR count). The highest BCUT2D eigenvalue weighted by Gasteiger charge is 2.35. The Kier molecular flexibility index (Phi) is 4.97. The molecule has 0 aliphatic heterocycles. The van der Waals surface area contributed by atoms with Gasteiger partial charge in [-0.3, -0.25) is 4.79 Å². The fourth-order valence-corrected chi connectivity index (χ4v) is 2.94. The zero-order valence-electron chi connectivity index (χ0n) is 11.3. The Balaban J connectivity index is 2.59. The van der Waals surface area contributed by atoms with Crippen molar-refractivity contribution in [2.75, 3.05) is 6.54 Å². The highest BCUT2D eigenvalue weighted by molar-refractivity contribution is 5.89. The van der Waals surface area contributed by atoms with E-state index < -0.39 is 0 Å². The Bertz CT molecular complexity index is 235. The van der Waals surface area contributed by atoms with E-state index in [1.54, 1.807) is 0 Å². The van der Waals surface area contributed by atoms with Gasteiger partial charge in [0.2, 0.25) is 0 Å². The van der Waals surface area contributed by atoms with Gasteiger partial charge in [-0.15, -0.1) is 0 Å². The van der Waals surface area contributed by atoms with E-state index in [0.29, 0.717) is 11.7 Å². The average molecular weight is 225 g/mol. The van der Waals surface area contributed by atoms with Crippen LogP contribution in [0, 0.1) is 11.8 Å². The molecule has 0 heterocycles. The molecule has 2 nitrogen and oxygen atoms in total. The summed E-state index contributed by atoms with van der Waals surface area (Å²) >= 11 is 0. The standard InChI is InChI=1S/C14H27NO/c1-5-11-8-7-9-12(10-11)13(16)14(3,4)15-6-2/h11-12,15H,5-10H2,1-4H3. The molecule has 0 spiro atoms. The van der Waals surface area contributed by atoms with Crippen LogP contribution in [0.2, 0.25) is 0 Å². The maximum Gasteiger partial charge on any atom is 0.155 e. The van der Waals surface area contributed by atoms with Crippen LogP contribution < -0.4 is 5.32 Å². The minimum absolute atomic E-state index is 0.299. The number of hydrogen-bond donors (Lipinski definition) is 1. The molecule has 2 atom stereocenters. The number of hydrogen-bond acceptors (Lipinski definition) is 2. The van der Waals surface area contributed by atoms with Gasteiger partial charge in [0.15, 0.2) is 5.78 Å². The summed E-state index contributed by atoms with van der Waals surface area (Å²) in [4.78, 5) is 12.4. The van der Waals surface area contributed by atoms with Gasteiger partial charge in [-0.1, -0.05) is 33.1 Å². The first-order chi connectivity index (χ1) is 7.51. The Morgan fingerprint density at radius 2 is 2.00 bits per heavy atom. The molecule has 1 aliphatic carbocycles. The topological polar surface area (TPSA) is 29.1 Å². The molecule has 0 saturated heterocycles. The van der Waals surface area contributed by atoms with Crippen molar-refractivity contribution in [1.82, 2.24) is 5.32 Å². The third-order valence-electron chi connectivity index (χ3n) is 3.97. The van der Waals surface area contributed by atoms with Crippen molar-refractivity contribution in [3.05, 3.63) is 0 Å². The number of carbonyl (C=O) groups excluding carboxylic acids is 1. The molecule has 1 N–H and O–H groups in total. The average Bonchev–Trinajstić information content (AvgIpc) is 2.28. The highest BCUT2D eigenvalue weighted by atomic mass is 16.1. The summed E-state index contributed by atoms with van der Waals surface area (Å²) in [7, 11) is 0. The van der Waals surface area contributed by atoms with E-state index in [4.69, 9.17) is 0 Å². The number of likely N-dealkylation sites (N-methyl/N-ethyl adjacent to an activating group) is 1. The lowest BCUT2D eigenvalue weighted by Crippen LogP contribution is -2.50. The molecule has 1 saturated carbocycles. The van der Waals surface area contributed by atoms with Crippen molar-refractivity contribution < 1.29 is 4.79 Å². The second kappa shape index (κ2) is 5.81. The van der Waals surface area contributed by atoms with Crippen LogP contribution in [0.15, 0.2) is 0 Å². The molecule has 0 radical (unpaired) electrons. The van der Waals surface area contributed by atoms with Crippen molar-refractivity contribution >= 4 is 5.78 Å². The molecule has 94 valence electrons. The smallest absolute Gasteiger partial charge is 0.155 e. The normalized spacial score (nSPS) is 26.8. The zero-order chi connectivity index (χ0) is 12.2. The first-order valence-electron chi connectivity index (χ1n) is 6.80. The maximum atomic E-state index is 12.4. The summed E-state index contributed by atoms with van der Waals surface area (Å²) in [5.41, 5.74) is -0.338. The van der Waals surface area contributed by atoms with E-state index >= 15 is 0 Å². The number of rotatable bonds is 5. The number of Topliss-reactive ketones (excluding diaryl/α,β-unsaturated/α-hetero) is 1. The van der Waals surface area contributed by atoms with Crippen molar-refractivity contribution in [1.29, 1.82) is 0 Å². The molecule has 0 amide bonds. The molecule has 16 heavy (non-hydrogen) atoms. The largest absolute Gasteiger partial charge is 0.306 e. The van der Waals surface area contributed by atoms with Crippen LogP contribution in [0.1, 0.15) is 59.8 Å². The van der Waals surface area contributed by atoms with Crippen molar-refractivity contribution in [3.63, 3.8) is 0 Å². The molecule has 2 unspecified atom stereocenters. The zero-order valence-corrected chi connectivity index (χ0v) is 11.3. The SMILES string of the molecule is CCNC(C)(C)C(=O)C1CCCC(CC)C1. The fraction of sp³-hybridized carbons (Fsp3) is 0.929. The summed E-state index contributed by atoms with van der Waals surface area (Å²) in [6, 6.07) is 0. The third kappa shape index (κ3) is 3.31. The lowest BCUT2D eigenvalue weighted by Gasteiger charge is -2.33. The highest BCUT2D eigenvalue weighted by Crippen LogP contribution is 2.33. The Morgan fingerprint density at radius 3 is 2.56 bits per heavy atom. The molecule has 0 aromatic rings. The summed E-state index contributed by atoms with van der Waals surface area (Å²) in [5, 5.41) is 3.30. The Labute approximate surface area is 100 Å². The summed E-state index contributed by atoms with van der Waals surface area (Å²) in [5.74, 6) is 1.50. The van der Waals surface area contributed by atoms with Gasteiger partial charge in [-0.25, -0.2) is 0 Å². The van der Waals surface area contributed by atoms with Crippen LogP contribution in [0.4, 0.5) is 0 Å². The fourth-order valence-electron chi connectivity index (χ4n) is 2.94. The van der Waals surface area contributed by atoms with Gasteiger partial charge >= 0.3 is 0 Å². The third-order valence-corrected chi connectivity index (χ3v) is 3.97. The van der Waals surface area contributed by atoms with Crippen LogP contribution in [0.25, 0.3) is 0 Å². The van der Waals surface area contributed by atoms with E-state index in [-0.39, 0.29) is 5.54 Å². The number of nitrogens with one attached hydrogen (secondary N) is 1. The lowest BCUT2D eigenvalue weighted by molar-refractivity contribution is -0.129.